The summed E-state index contributed by atoms with van der Waals surface area (Å²) in [4.78, 5) is 7.08. The van der Waals surface area contributed by atoms with Gasteiger partial charge in [-0.2, -0.15) is 0 Å². The minimum Gasteiger partial charge on any atom is -0.456 e. The van der Waals surface area contributed by atoms with Gasteiger partial charge in [-0.25, -0.2) is 4.98 Å². The van der Waals surface area contributed by atoms with Crippen LogP contribution in [0.25, 0.3) is 77.6 Å². The highest BCUT2D eigenvalue weighted by atomic mass is 16.4. The van der Waals surface area contributed by atoms with Crippen molar-refractivity contribution < 1.29 is 13.3 Å². The molecule has 0 amide bonds. The Kier molecular flexibility index (Phi) is 5.81. The molecule has 0 aliphatic rings. The molecule has 0 spiro atoms. The van der Waals surface area contributed by atoms with E-state index in [1.54, 1.807) is 0 Å². The first-order chi connectivity index (χ1) is 23.8. The summed E-state index contributed by atoms with van der Waals surface area (Å²) in [6.07, 6.45) is 0. The highest BCUT2D eigenvalue weighted by Crippen LogP contribution is 2.46. The zero-order valence-electron chi connectivity index (χ0n) is 25.6. The van der Waals surface area contributed by atoms with Gasteiger partial charge in [0.15, 0.2) is 11.2 Å². The first-order valence-corrected chi connectivity index (χ1v) is 16.0. The average molecular weight is 619 g/mol. The summed E-state index contributed by atoms with van der Waals surface area (Å²) in [6.45, 7) is 0. The standard InChI is InChI=1S/C43H26N2O3/c1-2-11-27(12-3-1)28-13-8-14-29(25-28)45(30-23-24-32-31-15-4-6-20-37(31)46-40(32)26-30)36-19-9-16-33-41-34(17-10-22-39(41)47-42(33)36)43-44-35-18-5-7-21-38(35)48-43/h1-26H. The number of nitrogens with zero attached hydrogens (tertiary/aromatic N) is 2. The van der Waals surface area contributed by atoms with Crippen molar-refractivity contribution in [3.8, 4) is 22.6 Å². The zero-order chi connectivity index (χ0) is 31.6. The summed E-state index contributed by atoms with van der Waals surface area (Å²) >= 11 is 0. The van der Waals surface area contributed by atoms with Crippen LogP contribution in [0.2, 0.25) is 0 Å². The van der Waals surface area contributed by atoms with E-state index >= 15 is 0 Å². The minimum absolute atomic E-state index is 0.567. The van der Waals surface area contributed by atoms with E-state index in [2.05, 4.69) is 95.9 Å². The van der Waals surface area contributed by atoms with Crippen LogP contribution < -0.4 is 4.90 Å². The van der Waals surface area contributed by atoms with Crippen molar-refractivity contribution in [2.75, 3.05) is 4.90 Å². The molecule has 7 aromatic carbocycles. The fourth-order valence-electron chi connectivity index (χ4n) is 6.91. The van der Waals surface area contributed by atoms with Gasteiger partial charge in [0.25, 0.3) is 0 Å². The molecule has 226 valence electrons. The number of anilines is 3. The highest BCUT2D eigenvalue weighted by molar-refractivity contribution is 6.15. The van der Waals surface area contributed by atoms with Gasteiger partial charge in [-0.05, 0) is 71.8 Å². The van der Waals surface area contributed by atoms with Gasteiger partial charge >= 0.3 is 0 Å². The molecule has 0 N–H and O–H groups in total. The average Bonchev–Trinajstić information content (AvgIpc) is 3.86. The van der Waals surface area contributed by atoms with Crippen molar-refractivity contribution in [3.05, 3.63) is 158 Å². The quantitative estimate of drug-likeness (QED) is 0.192. The van der Waals surface area contributed by atoms with E-state index in [0.29, 0.717) is 5.89 Å². The van der Waals surface area contributed by atoms with Crippen LogP contribution in [0.3, 0.4) is 0 Å². The Bertz CT molecular complexity index is 2770. The summed E-state index contributed by atoms with van der Waals surface area (Å²) in [7, 11) is 0. The minimum atomic E-state index is 0.567. The van der Waals surface area contributed by atoms with E-state index in [1.807, 2.05) is 66.7 Å². The lowest BCUT2D eigenvalue weighted by atomic mass is 10.0. The molecule has 0 radical (unpaired) electrons. The lowest BCUT2D eigenvalue weighted by molar-refractivity contribution is 0.620. The third-order valence-electron chi connectivity index (χ3n) is 9.10. The number of para-hydroxylation sites is 4. The Morgan fingerprint density at radius 1 is 0.438 bits per heavy atom. The Balaban J connectivity index is 1.22. The van der Waals surface area contributed by atoms with Gasteiger partial charge in [0.2, 0.25) is 5.89 Å². The molecule has 48 heavy (non-hydrogen) atoms. The number of fused-ring (bicyclic) bond motifs is 7. The Labute approximate surface area is 274 Å². The van der Waals surface area contributed by atoms with Crippen LogP contribution >= 0.6 is 0 Å². The molecular formula is C43H26N2O3. The maximum absolute atomic E-state index is 6.76. The van der Waals surface area contributed by atoms with Gasteiger partial charge in [-0.1, -0.05) is 91.0 Å². The van der Waals surface area contributed by atoms with E-state index in [0.717, 1.165) is 88.7 Å². The molecule has 3 aromatic heterocycles. The third-order valence-corrected chi connectivity index (χ3v) is 9.10. The van der Waals surface area contributed by atoms with Crippen molar-refractivity contribution in [3.63, 3.8) is 0 Å². The normalized spacial score (nSPS) is 11.8. The number of hydrogen-bond acceptors (Lipinski definition) is 5. The van der Waals surface area contributed by atoms with Gasteiger partial charge in [0.05, 0.1) is 11.4 Å². The zero-order valence-corrected chi connectivity index (χ0v) is 25.6. The molecule has 5 heteroatoms. The summed E-state index contributed by atoms with van der Waals surface area (Å²) in [5, 5.41) is 4.13. The van der Waals surface area contributed by atoms with Crippen molar-refractivity contribution in [2.45, 2.75) is 0 Å². The second kappa shape index (κ2) is 10.5. The summed E-state index contributed by atoms with van der Waals surface area (Å²) < 4.78 is 19.4. The van der Waals surface area contributed by atoms with Crippen molar-refractivity contribution in [1.82, 2.24) is 4.98 Å². The lowest BCUT2D eigenvalue weighted by Crippen LogP contribution is -2.10. The maximum Gasteiger partial charge on any atom is 0.228 e. The first-order valence-electron chi connectivity index (χ1n) is 16.0. The molecule has 0 aliphatic heterocycles. The topological polar surface area (TPSA) is 55.6 Å². The number of furan rings is 2. The summed E-state index contributed by atoms with van der Waals surface area (Å²) in [5.74, 6) is 0.567. The van der Waals surface area contributed by atoms with Crippen LogP contribution in [0, 0.1) is 0 Å². The number of hydrogen-bond donors (Lipinski definition) is 0. The van der Waals surface area contributed by atoms with E-state index in [1.165, 1.54) is 0 Å². The SMILES string of the molecule is c1ccc(-c2cccc(N(c3ccc4c(c3)oc3ccccc34)c3cccc4c3oc3cccc(-c5nc6ccccc6o5)c34)c2)cc1. The molecule has 0 bridgehead atoms. The van der Waals surface area contributed by atoms with Crippen LogP contribution in [0.5, 0.6) is 0 Å². The Morgan fingerprint density at radius 3 is 2.06 bits per heavy atom. The third kappa shape index (κ3) is 4.15. The molecule has 0 aliphatic carbocycles. The fourth-order valence-corrected chi connectivity index (χ4v) is 6.91. The van der Waals surface area contributed by atoms with E-state index in [4.69, 9.17) is 18.2 Å². The van der Waals surface area contributed by atoms with Gasteiger partial charge in [-0.3, -0.25) is 0 Å². The predicted molar refractivity (Wildman–Crippen MR) is 194 cm³/mol. The molecular weight excluding hydrogens is 592 g/mol. The van der Waals surface area contributed by atoms with Crippen LogP contribution in [-0.4, -0.2) is 4.98 Å². The first kappa shape index (κ1) is 26.6. The molecule has 0 atom stereocenters. The van der Waals surface area contributed by atoms with Crippen LogP contribution in [0.15, 0.2) is 171 Å². The number of oxazole rings is 1. The largest absolute Gasteiger partial charge is 0.456 e. The van der Waals surface area contributed by atoms with Gasteiger partial charge in [0, 0.05) is 38.9 Å². The lowest BCUT2D eigenvalue weighted by Gasteiger charge is -2.26. The van der Waals surface area contributed by atoms with E-state index in [-0.39, 0.29) is 0 Å². The van der Waals surface area contributed by atoms with Gasteiger partial charge in [-0.15, -0.1) is 0 Å². The molecule has 0 unspecified atom stereocenters. The second-order valence-electron chi connectivity index (χ2n) is 12.0. The number of benzene rings is 7. The van der Waals surface area contributed by atoms with Gasteiger partial charge < -0.3 is 18.2 Å². The Hall–Kier alpha value is -6.59. The molecule has 5 nitrogen and oxygen atoms in total. The second-order valence-corrected chi connectivity index (χ2v) is 12.0. The molecule has 0 saturated heterocycles. The maximum atomic E-state index is 6.76. The smallest absolute Gasteiger partial charge is 0.228 e. The number of rotatable bonds is 5. The molecule has 10 rings (SSSR count). The molecule has 3 heterocycles. The van der Waals surface area contributed by atoms with Crippen molar-refractivity contribution in [2.24, 2.45) is 0 Å². The van der Waals surface area contributed by atoms with E-state index in [9.17, 15) is 0 Å². The fraction of sp³-hybridized carbons (Fsp3) is 0. The predicted octanol–water partition coefficient (Wildman–Crippen LogP) is 12.4. The highest BCUT2D eigenvalue weighted by Gasteiger charge is 2.23. The van der Waals surface area contributed by atoms with Crippen LogP contribution in [0.1, 0.15) is 0 Å². The monoisotopic (exact) mass is 618 g/mol. The van der Waals surface area contributed by atoms with Crippen molar-refractivity contribution >= 4 is 72.0 Å². The van der Waals surface area contributed by atoms with Gasteiger partial charge in [0.1, 0.15) is 22.3 Å². The number of aromatic nitrogens is 1. The van der Waals surface area contributed by atoms with E-state index < -0.39 is 0 Å². The summed E-state index contributed by atoms with van der Waals surface area (Å²) in [5.41, 5.74) is 10.8. The van der Waals surface area contributed by atoms with Crippen LogP contribution in [0.4, 0.5) is 17.1 Å². The Morgan fingerprint density at radius 2 is 1.15 bits per heavy atom. The summed E-state index contributed by atoms with van der Waals surface area (Å²) in [6, 6.07) is 53.9. The van der Waals surface area contributed by atoms with Crippen LogP contribution in [-0.2, 0) is 0 Å². The van der Waals surface area contributed by atoms with Crippen molar-refractivity contribution in [1.29, 1.82) is 0 Å². The molecule has 0 fully saturated rings. The molecule has 0 saturated carbocycles. The molecule has 10 aromatic rings.